The second-order valence-corrected chi connectivity index (χ2v) is 11.5. The largest absolute Gasteiger partial charge is 0.481 e. The summed E-state index contributed by atoms with van der Waals surface area (Å²) in [5.74, 6) is -0.144. The predicted molar refractivity (Wildman–Crippen MR) is 177 cm³/mol. The van der Waals surface area contributed by atoms with Crippen LogP contribution in [0.25, 0.3) is 21.7 Å². The summed E-state index contributed by atoms with van der Waals surface area (Å²) < 4.78 is 5.95. The number of methoxy groups -OCH3 is 1. The Morgan fingerprint density at radius 2 is 1.48 bits per heavy atom. The van der Waals surface area contributed by atoms with Crippen molar-refractivity contribution in [1.29, 1.82) is 0 Å². The summed E-state index contributed by atoms with van der Waals surface area (Å²) in [7, 11) is 5.65. The molecule has 220 valence electrons. The van der Waals surface area contributed by atoms with Crippen LogP contribution in [0.3, 0.4) is 0 Å². The third kappa shape index (κ3) is 5.60. The summed E-state index contributed by atoms with van der Waals surface area (Å²) in [5.41, 5.74) is 3.12. The lowest BCUT2D eigenvalue weighted by molar-refractivity contribution is 0.00520. The van der Waals surface area contributed by atoms with Gasteiger partial charge in [0.05, 0.1) is 12.6 Å². The fourth-order valence-electron chi connectivity index (χ4n) is 6.23. The van der Waals surface area contributed by atoms with Crippen LogP contribution in [0.15, 0.2) is 127 Å². The van der Waals surface area contributed by atoms with Crippen LogP contribution in [0.5, 0.6) is 5.88 Å². The monoisotopic (exact) mass is 580 g/mol. The lowest BCUT2D eigenvalue weighted by Gasteiger charge is -2.39. The first-order valence-corrected chi connectivity index (χ1v) is 14.9. The summed E-state index contributed by atoms with van der Waals surface area (Å²) in [6.45, 7) is 0.655. The minimum atomic E-state index is -1.34. The molecular weight excluding hydrogens is 544 g/mol. The van der Waals surface area contributed by atoms with Gasteiger partial charge in [0.2, 0.25) is 5.88 Å². The van der Waals surface area contributed by atoms with E-state index in [1.807, 2.05) is 111 Å². The van der Waals surface area contributed by atoms with Crippen molar-refractivity contribution < 1.29 is 14.6 Å². The Morgan fingerprint density at radius 3 is 2.20 bits per heavy atom. The zero-order valence-corrected chi connectivity index (χ0v) is 25.3. The molecule has 0 saturated carbocycles. The van der Waals surface area contributed by atoms with Crippen LogP contribution >= 0.6 is 0 Å². The number of rotatable bonds is 10. The zero-order chi connectivity index (χ0) is 30.7. The Morgan fingerprint density at radius 1 is 0.795 bits per heavy atom. The normalized spacial score (nSPS) is 13.6. The maximum atomic E-state index is 13.4. The molecule has 0 aliphatic heterocycles. The average molecular weight is 581 g/mol. The van der Waals surface area contributed by atoms with Gasteiger partial charge in [0.25, 0.3) is 0 Å². The smallest absolute Gasteiger partial charge is 0.217 e. The van der Waals surface area contributed by atoms with E-state index in [0.29, 0.717) is 35.5 Å². The number of fused-ring (bicyclic) bond motifs is 2. The van der Waals surface area contributed by atoms with E-state index in [1.165, 1.54) is 0 Å². The van der Waals surface area contributed by atoms with Crippen LogP contribution in [0.2, 0.25) is 0 Å². The van der Waals surface area contributed by atoms with E-state index in [9.17, 15) is 9.90 Å². The zero-order valence-electron chi connectivity index (χ0n) is 25.3. The quantitative estimate of drug-likeness (QED) is 0.169. The van der Waals surface area contributed by atoms with Gasteiger partial charge < -0.3 is 14.7 Å². The number of hydrogen-bond acceptors (Lipinski definition) is 5. The lowest BCUT2D eigenvalue weighted by Crippen LogP contribution is -2.38. The van der Waals surface area contributed by atoms with E-state index in [4.69, 9.17) is 9.72 Å². The van der Waals surface area contributed by atoms with E-state index < -0.39 is 11.5 Å². The van der Waals surface area contributed by atoms with E-state index in [1.54, 1.807) is 7.11 Å². The number of hydrogen-bond donors (Lipinski definition) is 1. The third-order valence-electron chi connectivity index (χ3n) is 8.42. The molecule has 5 aromatic carbocycles. The van der Waals surface area contributed by atoms with Gasteiger partial charge in [0.1, 0.15) is 5.60 Å². The van der Waals surface area contributed by atoms with Gasteiger partial charge in [-0.1, -0.05) is 103 Å². The number of benzene rings is 5. The number of carbonyl (C=O) groups is 1. The third-order valence-corrected chi connectivity index (χ3v) is 8.42. The Hall–Kier alpha value is -4.84. The van der Waals surface area contributed by atoms with Crippen molar-refractivity contribution in [3.8, 4) is 5.88 Å². The molecule has 0 radical (unpaired) electrons. The van der Waals surface area contributed by atoms with Gasteiger partial charge in [-0.15, -0.1) is 0 Å². The van der Waals surface area contributed by atoms with Crippen LogP contribution in [0.4, 0.5) is 0 Å². The first-order chi connectivity index (χ1) is 21.4. The van der Waals surface area contributed by atoms with Crippen LogP contribution in [0.1, 0.15) is 45.0 Å². The summed E-state index contributed by atoms with van der Waals surface area (Å²) in [6.07, 6.45) is 0.460. The topological polar surface area (TPSA) is 62.7 Å². The number of aliphatic hydroxyl groups is 1. The molecule has 5 heteroatoms. The first-order valence-electron chi connectivity index (χ1n) is 14.9. The molecule has 2 atom stereocenters. The van der Waals surface area contributed by atoms with Crippen LogP contribution in [-0.2, 0) is 5.60 Å². The van der Waals surface area contributed by atoms with Crippen molar-refractivity contribution in [3.63, 3.8) is 0 Å². The molecule has 0 bridgehead atoms. The Kier molecular flexibility index (Phi) is 8.25. The molecule has 6 aromatic rings. The van der Waals surface area contributed by atoms with Gasteiger partial charge in [0.15, 0.2) is 5.78 Å². The second kappa shape index (κ2) is 12.4. The molecular formula is C39H36N2O3. The summed E-state index contributed by atoms with van der Waals surface area (Å²) in [6, 6.07) is 41.2. The average Bonchev–Trinajstić information content (AvgIpc) is 3.07. The molecule has 0 aliphatic carbocycles. The highest BCUT2D eigenvalue weighted by molar-refractivity contribution is 6.10. The molecule has 0 amide bonds. The number of ether oxygens (including phenoxy) is 1. The Labute approximate surface area is 258 Å². The second-order valence-electron chi connectivity index (χ2n) is 11.5. The highest BCUT2D eigenvalue weighted by Gasteiger charge is 2.43. The summed E-state index contributed by atoms with van der Waals surface area (Å²) in [4.78, 5) is 20.4. The lowest BCUT2D eigenvalue weighted by atomic mass is 9.70. The van der Waals surface area contributed by atoms with Gasteiger partial charge in [-0.3, -0.25) is 4.79 Å². The van der Waals surface area contributed by atoms with Crippen LogP contribution in [-0.4, -0.2) is 48.5 Å². The SMILES string of the molecule is COc1nc2ccc(C(=O)c3ccccc3)cc2cc1C(c1ccccc1)C(O)(CCN(C)C)c1cccc2ccccc12. The van der Waals surface area contributed by atoms with Crippen molar-refractivity contribution in [2.75, 3.05) is 27.7 Å². The molecule has 0 spiro atoms. The molecule has 0 fully saturated rings. The van der Waals surface area contributed by atoms with Gasteiger partial charge in [-0.25, -0.2) is 4.98 Å². The number of ketones is 1. The van der Waals surface area contributed by atoms with Crippen molar-refractivity contribution in [2.45, 2.75) is 17.9 Å². The van der Waals surface area contributed by atoms with Gasteiger partial charge >= 0.3 is 0 Å². The first kappa shape index (κ1) is 29.2. The Balaban J connectivity index is 1.60. The van der Waals surface area contributed by atoms with Crippen molar-refractivity contribution >= 4 is 27.5 Å². The van der Waals surface area contributed by atoms with Crippen molar-refractivity contribution in [1.82, 2.24) is 9.88 Å². The predicted octanol–water partition coefficient (Wildman–Crippen LogP) is 7.60. The van der Waals surface area contributed by atoms with Gasteiger partial charge in [-0.2, -0.15) is 0 Å². The van der Waals surface area contributed by atoms with E-state index in [-0.39, 0.29) is 5.78 Å². The maximum Gasteiger partial charge on any atom is 0.217 e. The standard InChI is InChI=1S/C39H36N2O3/c1-41(2)24-23-39(43,34-20-12-18-27-13-10-11-19-32(27)34)36(28-14-6-4-7-15-28)33-26-31-25-30(21-22-35(31)40-38(33)44-3)37(42)29-16-8-5-9-17-29/h4-22,25-26,36,43H,23-24H2,1-3H3. The van der Waals surface area contributed by atoms with Gasteiger partial charge in [-0.05, 0) is 66.7 Å². The summed E-state index contributed by atoms with van der Waals surface area (Å²) in [5, 5.41) is 16.1. The highest BCUT2D eigenvalue weighted by Crippen LogP contribution is 2.49. The van der Waals surface area contributed by atoms with E-state index in [2.05, 4.69) is 35.2 Å². The maximum absolute atomic E-state index is 13.4. The molecule has 6 rings (SSSR count). The number of nitrogens with zero attached hydrogens (tertiary/aromatic N) is 2. The van der Waals surface area contributed by atoms with Crippen molar-refractivity contribution in [2.24, 2.45) is 0 Å². The molecule has 0 saturated heterocycles. The minimum absolute atomic E-state index is 0.0530. The van der Waals surface area contributed by atoms with Gasteiger partial charge in [0, 0.05) is 34.5 Å². The van der Waals surface area contributed by atoms with Crippen LogP contribution < -0.4 is 4.74 Å². The Bertz CT molecular complexity index is 1920. The molecule has 5 nitrogen and oxygen atoms in total. The fourth-order valence-corrected chi connectivity index (χ4v) is 6.23. The van der Waals surface area contributed by atoms with E-state index in [0.717, 1.165) is 32.8 Å². The van der Waals surface area contributed by atoms with Crippen molar-refractivity contribution in [3.05, 3.63) is 155 Å². The molecule has 44 heavy (non-hydrogen) atoms. The fraction of sp³-hybridized carbons (Fsp3) is 0.179. The molecule has 1 aromatic heterocycles. The number of aromatic nitrogens is 1. The highest BCUT2D eigenvalue weighted by atomic mass is 16.5. The molecule has 1 N–H and O–H groups in total. The van der Waals surface area contributed by atoms with Crippen LogP contribution in [0, 0.1) is 0 Å². The van der Waals surface area contributed by atoms with E-state index >= 15 is 0 Å². The molecule has 2 unspecified atom stereocenters. The minimum Gasteiger partial charge on any atom is -0.481 e. The number of carbonyl (C=O) groups excluding carboxylic acids is 1. The number of pyridine rings is 1. The summed E-state index contributed by atoms with van der Waals surface area (Å²) >= 11 is 0. The molecule has 0 aliphatic rings. The molecule has 1 heterocycles.